The molecule has 110 valence electrons. The Morgan fingerprint density at radius 2 is 1.95 bits per heavy atom. The Hall–Kier alpha value is -2.28. The number of hydrogen-bond acceptors (Lipinski definition) is 6. The fourth-order valence-electron chi connectivity index (χ4n) is 1.88. The van der Waals surface area contributed by atoms with Crippen LogP contribution in [-0.4, -0.2) is 33.0 Å². The van der Waals surface area contributed by atoms with Crippen LogP contribution in [0.3, 0.4) is 0 Å². The van der Waals surface area contributed by atoms with Gasteiger partial charge in [0.25, 0.3) is 5.69 Å². The fourth-order valence-corrected chi connectivity index (χ4v) is 2.03. The molecular formula is C13H14ClN5O2. The van der Waals surface area contributed by atoms with Gasteiger partial charge < -0.3 is 4.90 Å². The first-order chi connectivity index (χ1) is 10.0. The van der Waals surface area contributed by atoms with Crippen LogP contribution < -0.4 is 4.90 Å². The van der Waals surface area contributed by atoms with Crippen LogP contribution in [0.5, 0.6) is 0 Å². The molecule has 0 atom stereocenters. The smallest absolute Gasteiger partial charge is 0.270 e. The molecule has 0 amide bonds. The highest BCUT2D eigenvalue weighted by Crippen LogP contribution is 2.23. The van der Waals surface area contributed by atoms with Crippen molar-refractivity contribution in [2.75, 3.05) is 18.0 Å². The number of anilines is 1. The second-order valence-electron chi connectivity index (χ2n) is 4.21. The molecule has 8 heteroatoms. The Kier molecular flexibility index (Phi) is 4.64. The first kappa shape index (κ1) is 15.1. The lowest BCUT2D eigenvalue weighted by Gasteiger charge is -2.18. The monoisotopic (exact) mass is 307 g/mol. The summed E-state index contributed by atoms with van der Waals surface area (Å²) in [7, 11) is 0. The van der Waals surface area contributed by atoms with Gasteiger partial charge in [0.05, 0.1) is 4.92 Å². The highest BCUT2D eigenvalue weighted by Gasteiger charge is 2.13. The van der Waals surface area contributed by atoms with Gasteiger partial charge in [0.2, 0.25) is 11.2 Å². The van der Waals surface area contributed by atoms with Crippen LogP contribution in [0.15, 0.2) is 24.3 Å². The van der Waals surface area contributed by atoms with E-state index in [1.807, 2.05) is 18.7 Å². The zero-order chi connectivity index (χ0) is 15.4. The summed E-state index contributed by atoms with van der Waals surface area (Å²) in [6.07, 6.45) is 0. The Morgan fingerprint density at radius 1 is 1.24 bits per heavy atom. The SMILES string of the molecule is CCN(CC)c1nc(Cl)nc(-c2cccc([N+](=O)[O-])c2)n1. The number of nitro benzene ring substituents is 1. The summed E-state index contributed by atoms with van der Waals surface area (Å²) >= 11 is 5.94. The van der Waals surface area contributed by atoms with Gasteiger partial charge in [0, 0.05) is 30.8 Å². The van der Waals surface area contributed by atoms with E-state index in [0.717, 1.165) is 13.1 Å². The van der Waals surface area contributed by atoms with Gasteiger partial charge in [-0.25, -0.2) is 0 Å². The minimum Gasteiger partial charge on any atom is -0.341 e. The molecule has 1 heterocycles. The number of nitrogens with zero attached hydrogens (tertiary/aromatic N) is 5. The van der Waals surface area contributed by atoms with Crippen LogP contribution in [-0.2, 0) is 0 Å². The zero-order valence-corrected chi connectivity index (χ0v) is 12.4. The summed E-state index contributed by atoms with van der Waals surface area (Å²) in [5.74, 6) is 0.780. The molecule has 0 aliphatic rings. The van der Waals surface area contributed by atoms with Gasteiger partial charge in [-0.2, -0.15) is 15.0 Å². The van der Waals surface area contributed by atoms with E-state index in [4.69, 9.17) is 11.6 Å². The largest absolute Gasteiger partial charge is 0.341 e. The topological polar surface area (TPSA) is 85.0 Å². The minimum atomic E-state index is -0.461. The van der Waals surface area contributed by atoms with Crippen LogP contribution in [0.4, 0.5) is 11.6 Å². The fraction of sp³-hybridized carbons (Fsp3) is 0.308. The maximum absolute atomic E-state index is 10.8. The predicted molar refractivity (Wildman–Crippen MR) is 80.5 cm³/mol. The summed E-state index contributed by atoms with van der Waals surface area (Å²) in [4.78, 5) is 24.8. The molecule has 0 saturated carbocycles. The summed E-state index contributed by atoms with van der Waals surface area (Å²) < 4.78 is 0. The second-order valence-corrected chi connectivity index (χ2v) is 4.55. The van der Waals surface area contributed by atoms with Crippen LogP contribution in [0, 0.1) is 10.1 Å². The molecule has 1 aromatic carbocycles. The van der Waals surface area contributed by atoms with Crippen molar-refractivity contribution in [2.24, 2.45) is 0 Å². The van der Waals surface area contributed by atoms with Crippen molar-refractivity contribution < 1.29 is 4.92 Å². The number of benzene rings is 1. The molecule has 1 aromatic heterocycles. The van der Waals surface area contributed by atoms with Crippen molar-refractivity contribution in [2.45, 2.75) is 13.8 Å². The van der Waals surface area contributed by atoms with Gasteiger partial charge in [-0.05, 0) is 25.4 Å². The number of non-ortho nitro benzene ring substituents is 1. The molecular weight excluding hydrogens is 294 g/mol. The van der Waals surface area contributed by atoms with E-state index in [2.05, 4.69) is 15.0 Å². The zero-order valence-electron chi connectivity index (χ0n) is 11.7. The molecule has 0 unspecified atom stereocenters. The van der Waals surface area contributed by atoms with Gasteiger partial charge in [0.15, 0.2) is 5.82 Å². The van der Waals surface area contributed by atoms with Gasteiger partial charge in [0.1, 0.15) is 0 Å². The summed E-state index contributed by atoms with van der Waals surface area (Å²) in [6, 6.07) is 6.11. The standard InChI is InChI=1S/C13H14ClN5O2/c1-3-18(4-2)13-16-11(15-12(14)17-13)9-6-5-7-10(8-9)19(20)21/h5-8H,3-4H2,1-2H3. The van der Waals surface area contributed by atoms with Gasteiger partial charge in [-0.15, -0.1) is 0 Å². The number of halogens is 1. The Morgan fingerprint density at radius 3 is 2.57 bits per heavy atom. The molecule has 0 aliphatic carbocycles. The molecule has 0 aliphatic heterocycles. The molecule has 0 bridgehead atoms. The van der Waals surface area contributed by atoms with Crippen molar-refractivity contribution >= 4 is 23.2 Å². The second kappa shape index (κ2) is 6.45. The first-order valence-corrected chi connectivity index (χ1v) is 6.84. The van der Waals surface area contributed by atoms with E-state index >= 15 is 0 Å². The van der Waals surface area contributed by atoms with E-state index in [9.17, 15) is 10.1 Å². The molecule has 0 radical (unpaired) electrons. The predicted octanol–water partition coefficient (Wildman–Crippen LogP) is 2.95. The maximum Gasteiger partial charge on any atom is 0.270 e. The van der Waals surface area contributed by atoms with Crippen LogP contribution in [0.2, 0.25) is 5.28 Å². The van der Waals surface area contributed by atoms with E-state index in [1.54, 1.807) is 12.1 Å². The van der Waals surface area contributed by atoms with Crippen molar-refractivity contribution in [1.29, 1.82) is 0 Å². The highest BCUT2D eigenvalue weighted by molar-refractivity contribution is 6.28. The Bertz CT molecular complexity index is 661. The molecule has 0 spiro atoms. The van der Waals surface area contributed by atoms with E-state index < -0.39 is 4.92 Å². The lowest BCUT2D eigenvalue weighted by molar-refractivity contribution is -0.384. The average molecular weight is 308 g/mol. The summed E-state index contributed by atoms with van der Waals surface area (Å²) in [5.41, 5.74) is 0.510. The van der Waals surface area contributed by atoms with Crippen LogP contribution >= 0.6 is 11.6 Å². The van der Waals surface area contributed by atoms with E-state index in [0.29, 0.717) is 17.3 Å². The first-order valence-electron chi connectivity index (χ1n) is 6.46. The molecule has 2 rings (SSSR count). The average Bonchev–Trinajstić information content (AvgIpc) is 2.48. The van der Waals surface area contributed by atoms with Gasteiger partial charge in [-0.3, -0.25) is 10.1 Å². The Labute approximate surface area is 126 Å². The Balaban J connectivity index is 2.49. The van der Waals surface area contributed by atoms with Crippen molar-refractivity contribution in [3.8, 4) is 11.4 Å². The maximum atomic E-state index is 10.8. The lowest BCUT2D eigenvalue weighted by Crippen LogP contribution is -2.24. The third-order valence-electron chi connectivity index (χ3n) is 2.96. The van der Waals surface area contributed by atoms with Crippen LogP contribution in [0.25, 0.3) is 11.4 Å². The van der Waals surface area contributed by atoms with Gasteiger partial charge in [-0.1, -0.05) is 12.1 Å². The van der Waals surface area contributed by atoms with E-state index in [1.165, 1.54) is 12.1 Å². The molecule has 0 fully saturated rings. The van der Waals surface area contributed by atoms with E-state index in [-0.39, 0.29) is 11.0 Å². The highest BCUT2D eigenvalue weighted by atomic mass is 35.5. The number of rotatable bonds is 5. The minimum absolute atomic E-state index is 0.0200. The summed E-state index contributed by atoms with van der Waals surface area (Å²) in [6.45, 7) is 5.42. The number of hydrogen-bond donors (Lipinski definition) is 0. The third-order valence-corrected chi connectivity index (χ3v) is 3.13. The van der Waals surface area contributed by atoms with Crippen LogP contribution in [0.1, 0.15) is 13.8 Å². The van der Waals surface area contributed by atoms with Crippen molar-refractivity contribution in [3.63, 3.8) is 0 Å². The quantitative estimate of drug-likeness (QED) is 0.623. The number of aromatic nitrogens is 3. The molecule has 0 saturated heterocycles. The normalized spacial score (nSPS) is 10.4. The summed E-state index contributed by atoms with van der Waals surface area (Å²) in [5, 5.41) is 10.9. The molecule has 21 heavy (non-hydrogen) atoms. The molecule has 7 nitrogen and oxygen atoms in total. The molecule has 0 N–H and O–H groups in total. The van der Waals surface area contributed by atoms with Crippen molar-refractivity contribution in [1.82, 2.24) is 15.0 Å². The third kappa shape index (κ3) is 3.43. The number of nitro groups is 1. The van der Waals surface area contributed by atoms with Gasteiger partial charge >= 0.3 is 0 Å². The lowest BCUT2D eigenvalue weighted by atomic mass is 10.2. The van der Waals surface area contributed by atoms with Crippen molar-refractivity contribution in [3.05, 3.63) is 39.7 Å². The molecule has 2 aromatic rings.